The highest BCUT2D eigenvalue weighted by atomic mass is 127. The number of aromatic nitrogens is 1. The Balaban J connectivity index is 2.82. The number of methoxy groups -OCH3 is 1. The standard InChI is InChI=1S/C12H9F3INO2/c1-19-6-2-3-9-7(4-6)8(5-18)10(16)11(17-9)12(13,14)15/h2-4,18H,5H2,1H3. The van der Waals surface area contributed by atoms with E-state index in [4.69, 9.17) is 4.74 Å². The van der Waals surface area contributed by atoms with Gasteiger partial charge in [0.05, 0.1) is 22.8 Å². The molecule has 19 heavy (non-hydrogen) atoms. The van der Waals surface area contributed by atoms with Gasteiger partial charge in [0.2, 0.25) is 0 Å². The predicted molar refractivity (Wildman–Crippen MR) is 71.9 cm³/mol. The molecule has 0 saturated carbocycles. The highest BCUT2D eigenvalue weighted by Crippen LogP contribution is 2.36. The minimum Gasteiger partial charge on any atom is -0.497 e. The maximum absolute atomic E-state index is 12.9. The average Bonchev–Trinajstić information content (AvgIpc) is 2.36. The maximum atomic E-state index is 12.9. The molecule has 1 aromatic heterocycles. The molecule has 7 heteroatoms. The van der Waals surface area contributed by atoms with Gasteiger partial charge in [0.15, 0.2) is 5.69 Å². The van der Waals surface area contributed by atoms with Gasteiger partial charge >= 0.3 is 6.18 Å². The zero-order valence-corrected chi connectivity index (χ0v) is 11.9. The first-order chi connectivity index (χ1) is 8.88. The van der Waals surface area contributed by atoms with Crippen LogP contribution in [0.15, 0.2) is 18.2 Å². The molecule has 0 atom stereocenters. The number of fused-ring (bicyclic) bond motifs is 1. The van der Waals surface area contributed by atoms with E-state index in [0.717, 1.165) is 0 Å². The van der Waals surface area contributed by atoms with Crippen LogP contribution in [0.1, 0.15) is 11.3 Å². The first-order valence-corrected chi connectivity index (χ1v) is 6.30. The number of hydrogen-bond acceptors (Lipinski definition) is 3. The van der Waals surface area contributed by atoms with E-state index in [-0.39, 0.29) is 14.7 Å². The van der Waals surface area contributed by atoms with E-state index >= 15 is 0 Å². The molecule has 0 fully saturated rings. The summed E-state index contributed by atoms with van der Waals surface area (Å²) >= 11 is 1.55. The molecule has 0 amide bonds. The van der Waals surface area contributed by atoms with Crippen LogP contribution in [0.5, 0.6) is 5.75 Å². The van der Waals surface area contributed by atoms with Crippen LogP contribution in [0.25, 0.3) is 10.9 Å². The maximum Gasteiger partial charge on any atom is 0.434 e. The van der Waals surface area contributed by atoms with Crippen molar-refractivity contribution >= 4 is 33.5 Å². The van der Waals surface area contributed by atoms with Gasteiger partial charge in [-0.15, -0.1) is 0 Å². The molecular formula is C12H9F3INO2. The highest BCUT2D eigenvalue weighted by Gasteiger charge is 2.36. The van der Waals surface area contributed by atoms with Gasteiger partial charge in [-0.25, -0.2) is 4.98 Å². The van der Waals surface area contributed by atoms with E-state index in [9.17, 15) is 18.3 Å². The Kier molecular flexibility index (Phi) is 3.86. The molecule has 0 unspecified atom stereocenters. The molecule has 0 aliphatic rings. The third-order valence-electron chi connectivity index (χ3n) is 2.66. The van der Waals surface area contributed by atoms with E-state index in [1.807, 2.05) is 0 Å². The summed E-state index contributed by atoms with van der Waals surface area (Å²) in [4.78, 5) is 3.63. The molecule has 0 aliphatic carbocycles. The van der Waals surface area contributed by atoms with Crippen molar-refractivity contribution in [3.8, 4) is 5.75 Å². The lowest BCUT2D eigenvalue weighted by molar-refractivity contribution is -0.141. The lowest BCUT2D eigenvalue weighted by atomic mass is 10.1. The molecule has 2 aromatic rings. The first kappa shape index (κ1) is 14.3. The average molecular weight is 383 g/mol. The molecule has 1 heterocycles. The summed E-state index contributed by atoms with van der Waals surface area (Å²) in [5.74, 6) is 0.500. The minimum absolute atomic E-state index is 0.0895. The van der Waals surface area contributed by atoms with Crippen LogP contribution < -0.4 is 4.74 Å². The second-order valence-corrected chi connectivity index (χ2v) is 4.87. The highest BCUT2D eigenvalue weighted by molar-refractivity contribution is 14.1. The van der Waals surface area contributed by atoms with E-state index in [0.29, 0.717) is 11.1 Å². The third-order valence-corrected chi connectivity index (χ3v) is 3.82. The van der Waals surface area contributed by atoms with Gasteiger partial charge in [-0.3, -0.25) is 0 Å². The summed E-state index contributed by atoms with van der Waals surface area (Å²) in [5.41, 5.74) is -0.593. The van der Waals surface area contributed by atoms with Crippen molar-refractivity contribution in [3.63, 3.8) is 0 Å². The summed E-state index contributed by atoms with van der Waals surface area (Å²) in [7, 11) is 1.46. The molecular weight excluding hydrogens is 374 g/mol. The fourth-order valence-electron chi connectivity index (χ4n) is 1.75. The third kappa shape index (κ3) is 2.62. The summed E-state index contributed by atoms with van der Waals surface area (Å²) in [6, 6.07) is 4.54. The Morgan fingerprint density at radius 3 is 2.58 bits per heavy atom. The molecule has 0 radical (unpaired) electrons. The van der Waals surface area contributed by atoms with Gasteiger partial charge in [-0.1, -0.05) is 0 Å². The Labute approximate surface area is 120 Å². The zero-order valence-electron chi connectivity index (χ0n) is 9.75. The van der Waals surface area contributed by atoms with Crippen LogP contribution in [0.2, 0.25) is 0 Å². The number of aliphatic hydroxyl groups is 1. The van der Waals surface area contributed by atoms with E-state index in [1.54, 1.807) is 28.7 Å². The second kappa shape index (κ2) is 5.12. The van der Waals surface area contributed by atoms with Crippen LogP contribution in [-0.4, -0.2) is 17.2 Å². The summed E-state index contributed by atoms with van der Waals surface area (Å²) < 4.78 is 43.5. The van der Waals surface area contributed by atoms with Crippen molar-refractivity contribution in [1.82, 2.24) is 4.98 Å². The van der Waals surface area contributed by atoms with Crippen molar-refractivity contribution in [1.29, 1.82) is 0 Å². The van der Waals surface area contributed by atoms with Crippen molar-refractivity contribution in [2.75, 3.05) is 7.11 Å². The lowest BCUT2D eigenvalue weighted by Gasteiger charge is -2.14. The van der Waals surface area contributed by atoms with Crippen LogP contribution in [-0.2, 0) is 12.8 Å². The number of pyridine rings is 1. The predicted octanol–water partition coefficient (Wildman–Crippen LogP) is 3.36. The number of rotatable bonds is 2. The van der Waals surface area contributed by atoms with E-state index < -0.39 is 18.5 Å². The number of halogens is 4. The zero-order chi connectivity index (χ0) is 14.2. The topological polar surface area (TPSA) is 42.4 Å². The Bertz CT molecular complexity index is 628. The van der Waals surface area contributed by atoms with Gasteiger partial charge in [0.1, 0.15) is 5.75 Å². The van der Waals surface area contributed by atoms with Gasteiger partial charge in [0, 0.05) is 10.9 Å². The number of hydrogen-bond donors (Lipinski definition) is 1. The van der Waals surface area contributed by atoms with Crippen molar-refractivity contribution in [2.45, 2.75) is 12.8 Å². The number of aliphatic hydroxyl groups excluding tert-OH is 1. The number of benzene rings is 1. The molecule has 0 spiro atoms. The van der Waals surface area contributed by atoms with Crippen LogP contribution >= 0.6 is 22.6 Å². The molecule has 1 N–H and O–H groups in total. The molecule has 0 saturated heterocycles. The van der Waals surface area contributed by atoms with Gasteiger partial charge in [-0.2, -0.15) is 13.2 Å². The molecule has 0 bridgehead atoms. The normalized spacial score (nSPS) is 11.9. The van der Waals surface area contributed by atoms with E-state index in [2.05, 4.69) is 4.98 Å². The number of ether oxygens (including phenoxy) is 1. The fraction of sp³-hybridized carbons (Fsp3) is 0.250. The number of nitrogens with zero attached hydrogens (tertiary/aromatic N) is 1. The van der Waals surface area contributed by atoms with Crippen LogP contribution in [0, 0.1) is 3.57 Å². The fourth-order valence-corrected chi connectivity index (χ4v) is 2.64. The Morgan fingerprint density at radius 2 is 2.05 bits per heavy atom. The van der Waals surface area contributed by atoms with Gasteiger partial charge < -0.3 is 9.84 Å². The first-order valence-electron chi connectivity index (χ1n) is 5.22. The molecule has 102 valence electrons. The smallest absolute Gasteiger partial charge is 0.434 e. The van der Waals surface area contributed by atoms with Gasteiger partial charge in [-0.05, 0) is 40.8 Å². The molecule has 2 rings (SSSR count). The quantitative estimate of drug-likeness (QED) is 0.809. The van der Waals surface area contributed by atoms with Gasteiger partial charge in [0.25, 0.3) is 0 Å². The van der Waals surface area contributed by atoms with Crippen molar-refractivity contribution in [2.24, 2.45) is 0 Å². The minimum atomic E-state index is -4.55. The number of alkyl halides is 3. The Hall–Kier alpha value is -1.09. The second-order valence-electron chi connectivity index (χ2n) is 3.79. The summed E-state index contributed by atoms with van der Waals surface area (Å²) in [6.07, 6.45) is -4.55. The SMILES string of the molecule is COc1ccc2nc(C(F)(F)F)c(I)c(CO)c2c1. The van der Waals surface area contributed by atoms with Crippen LogP contribution in [0.4, 0.5) is 13.2 Å². The van der Waals surface area contributed by atoms with E-state index in [1.165, 1.54) is 19.2 Å². The molecule has 1 aromatic carbocycles. The molecule has 3 nitrogen and oxygen atoms in total. The monoisotopic (exact) mass is 383 g/mol. The molecule has 0 aliphatic heterocycles. The summed E-state index contributed by atoms with van der Waals surface area (Å²) in [5, 5.41) is 9.79. The lowest BCUT2D eigenvalue weighted by Crippen LogP contribution is -2.13. The Morgan fingerprint density at radius 1 is 1.37 bits per heavy atom. The van der Waals surface area contributed by atoms with Crippen molar-refractivity contribution < 1.29 is 23.0 Å². The van der Waals surface area contributed by atoms with Crippen LogP contribution in [0.3, 0.4) is 0 Å². The van der Waals surface area contributed by atoms with Crippen molar-refractivity contribution in [3.05, 3.63) is 33.0 Å². The summed E-state index contributed by atoms with van der Waals surface area (Å²) in [6.45, 7) is -0.493. The largest absolute Gasteiger partial charge is 0.497 e.